The van der Waals surface area contributed by atoms with E-state index >= 15 is 0 Å². The van der Waals surface area contributed by atoms with Gasteiger partial charge < -0.3 is 14.8 Å². The van der Waals surface area contributed by atoms with Crippen LogP contribution in [0.25, 0.3) is 10.2 Å². The molecule has 0 aliphatic heterocycles. The van der Waals surface area contributed by atoms with E-state index in [1.807, 2.05) is 34.6 Å². The Morgan fingerprint density at radius 3 is 2.72 bits per heavy atom. The van der Waals surface area contributed by atoms with Crippen LogP contribution in [0.3, 0.4) is 0 Å². The average molecular weight is 365 g/mol. The number of hydrogen-bond acceptors (Lipinski definition) is 7. The molecule has 2 heterocycles. The van der Waals surface area contributed by atoms with Crippen LogP contribution in [-0.2, 0) is 9.47 Å². The molecular formula is C18H27N3O3S. The fourth-order valence-electron chi connectivity index (χ4n) is 2.31. The topological polar surface area (TPSA) is 73.3 Å². The van der Waals surface area contributed by atoms with Crippen LogP contribution in [0, 0.1) is 12.8 Å². The number of aromatic nitrogens is 2. The zero-order valence-corrected chi connectivity index (χ0v) is 16.4. The zero-order chi connectivity index (χ0) is 18.4. The maximum absolute atomic E-state index is 12.3. The van der Waals surface area contributed by atoms with E-state index in [-0.39, 0.29) is 12.1 Å². The summed E-state index contributed by atoms with van der Waals surface area (Å²) in [7, 11) is 0. The van der Waals surface area contributed by atoms with Crippen LogP contribution in [0.5, 0.6) is 0 Å². The van der Waals surface area contributed by atoms with Crippen molar-refractivity contribution in [2.75, 3.05) is 25.1 Å². The van der Waals surface area contributed by atoms with Gasteiger partial charge in [0.05, 0.1) is 18.1 Å². The molecule has 1 N–H and O–H groups in total. The van der Waals surface area contributed by atoms with Gasteiger partial charge in [0.15, 0.2) is 0 Å². The Balaban J connectivity index is 2.10. The third-order valence-corrected chi connectivity index (χ3v) is 4.70. The van der Waals surface area contributed by atoms with Crippen molar-refractivity contribution in [3.8, 4) is 0 Å². The number of ether oxygens (including phenoxy) is 2. The second-order valence-corrected chi connectivity index (χ2v) is 7.65. The molecule has 138 valence electrons. The van der Waals surface area contributed by atoms with Gasteiger partial charge in [-0.05, 0) is 38.7 Å². The molecule has 7 heteroatoms. The quantitative estimate of drug-likeness (QED) is 0.534. The van der Waals surface area contributed by atoms with E-state index in [0.29, 0.717) is 24.0 Å². The number of fused-ring (bicyclic) bond motifs is 1. The Kier molecular flexibility index (Phi) is 7.13. The lowest BCUT2D eigenvalue weighted by molar-refractivity contribution is 0.0464. The fourth-order valence-corrected chi connectivity index (χ4v) is 3.35. The van der Waals surface area contributed by atoms with E-state index in [0.717, 1.165) is 34.6 Å². The highest BCUT2D eigenvalue weighted by atomic mass is 32.1. The molecule has 0 saturated heterocycles. The molecule has 0 fully saturated rings. The summed E-state index contributed by atoms with van der Waals surface area (Å²) in [5.41, 5.74) is 0.871. The molecule has 0 amide bonds. The number of nitrogens with zero attached hydrogens (tertiary/aromatic N) is 2. The number of nitrogens with one attached hydrogen (secondary N) is 1. The standard InChI is InChI=1S/C18H27N3O3S/c1-11(2)9-24-18(22)15-13(5)14-16(20-10-21-17(14)25-15)19-7-6-8-23-12(3)4/h10-12H,6-9H2,1-5H3,(H,19,20,21). The molecular weight excluding hydrogens is 338 g/mol. The molecule has 2 rings (SSSR count). The summed E-state index contributed by atoms with van der Waals surface area (Å²) in [4.78, 5) is 22.4. The van der Waals surface area contributed by atoms with Gasteiger partial charge >= 0.3 is 5.97 Å². The monoisotopic (exact) mass is 365 g/mol. The molecule has 2 aromatic rings. The van der Waals surface area contributed by atoms with Crippen molar-refractivity contribution < 1.29 is 14.3 Å². The van der Waals surface area contributed by atoms with Gasteiger partial charge in [-0.3, -0.25) is 0 Å². The Morgan fingerprint density at radius 1 is 1.28 bits per heavy atom. The highest BCUT2D eigenvalue weighted by Gasteiger charge is 2.20. The van der Waals surface area contributed by atoms with E-state index in [4.69, 9.17) is 9.47 Å². The summed E-state index contributed by atoms with van der Waals surface area (Å²) in [6.07, 6.45) is 2.65. The first kappa shape index (κ1) is 19.6. The molecule has 0 saturated carbocycles. The average Bonchev–Trinajstić information content (AvgIpc) is 2.90. The summed E-state index contributed by atoms with van der Waals surface area (Å²) < 4.78 is 10.9. The normalized spacial score (nSPS) is 11.5. The molecule has 0 aromatic carbocycles. The summed E-state index contributed by atoms with van der Waals surface area (Å²) in [6, 6.07) is 0. The predicted molar refractivity (Wildman–Crippen MR) is 101 cm³/mol. The van der Waals surface area contributed by atoms with E-state index in [1.54, 1.807) is 0 Å². The molecule has 25 heavy (non-hydrogen) atoms. The van der Waals surface area contributed by atoms with E-state index in [1.165, 1.54) is 17.7 Å². The number of hydrogen-bond donors (Lipinski definition) is 1. The third kappa shape index (κ3) is 5.37. The third-order valence-electron chi connectivity index (χ3n) is 3.52. The molecule has 0 aliphatic rings. The molecule has 0 bridgehead atoms. The number of rotatable bonds is 9. The first-order valence-electron chi connectivity index (χ1n) is 8.66. The highest BCUT2D eigenvalue weighted by Crippen LogP contribution is 2.33. The first-order valence-corrected chi connectivity index (χ1v) is 9.48. The lowest BCUT2D eigenvalue weighted by Gasteiger charge is -2.09. The van der Waals surface area contributed by atoms with Crippen molar-refractivity contribution in [1.82, 2.24) is 9.97 Å². The molecule has 2 aromatic heterocycles. The minimum Gasteiger partial charge on any atom is -0.461 e. The number of carbonyl (C=O) groups excluding carboxylic acids is 1. The van der Waals surface area contributed by atoms with Gasteiger partial charge in [-0.15, -0.1) is 11.3 Å². The molecule has 6 nitrogen and oxygen atoms in total. The van der Waals surface area contributed by atoms with Crippen molar-refractivity contribution in [1.29, 1.82) is 0 Å². The summed E-state index contributed by atoms with van der Waals surface area (Å²) in [5.74, 6) is 0.778. The van der Waals surface area contributed by atoms with Crippen molar-refractivity contribution in [2.24, 2.45) is 5.92 Å². The molecule has 0 spiro atoms. The Hall–Kier alpha value is -1.73. The largest absolute Gasteiger partial charge is 0.461 e. The van der Waals surface area contributed by atoms with Crippen LogP contribution in [0.1, 0.15) is 49.4 Å². The minimum atomic E-state index is -0.287. The number of esters is 1. The highest BCUT2D eigenvalue weighted by molar-refractivity contribution is 7.20. The minimum absolute atomic E-state index is 0.240. The maximum Gasteiger partial charge on any atom is 0.348 e. The lowest BCUT2D eigenvalue weighted by atomic mass is 10.2. The van der Waals surface area contributed by atoms with Gasteiger partial charge in [0.1, 0.15) is 21.9 Å². The van der Waals surface area contributed by atoms with Crippen molar-refractivity contribution in [3.05, 3.63) is 16.8 Å². The maximum atomic E-state index is 12.3. The SMILES string of the molecule is Cc1c(C(=O)OCC(C)C)sc2ncnc(NCCCOC(C)C)c12. The van der Waals surface area contributed by atoms with E-state index in [9.17, 15) is 4.79 Å². The van der Waals surface area contributed by atoms with Crippen molar-refractivity contribution >= 4 is 33.3 Å². The van der Waals surface area contributed by atoms with Crippen molar-refractivity contribution in [3.63, 3.8) is 0 Å². The second-order valence-electron chi connectivity index (χ2n) is 6.65. The number of aryl methyl sites for hydroxylation is 1. The Bertz CT molecular complexity index is 713. The van der Waals surface area contributed by atoms with Gasteiger partial charge in [-0.25, -0.2) is 14.8 Å². The van der Waals surface area contributed by atoms with Crippen molar-refractivity contribution in [2.45, 2.75) is 47.1 Å². The molecule has 0 unspecified atom stereocenters. The van der Waals surface area contributed by atoms with Gasteiger partial charge in [-0.1, -0.05) is 13.8 Å². The van der Waals surface area contributed by atoms with E-state index < -0.39 is 0 Å². The van der Waals surface area contributed by atoms with Gasteiger partial charge in [0.25, 0.3) is 0 Å². The molecule has 0 aliphatic carbocycles. The smallest absolute Gasteiger partial charge is 0.348 e. The van der Waals surface area contributed by atoms with Crippen LogP contribution in [0.4, 0.5) is 5.82 Å². The zero-order valence-electron chi connectivity index (χ0n) is 15.6. The summed E-state index contributed by atoms with van der Waals surface area (Å²) in [5, 5.41) is 4.23. The summed E-state index contributed by atoms with van der Waals surface area (Å²) >= 11 is 1.36. The van der Waals surface area contributed by atoms with Crippen LogP contribution < -0.4 is 5.32 Å². The first-order chi connectivity index (χ1) is 11.9. The van der Waals surface area contributed by atoms with Crippen LogP contribution in [0.15, 0.2) is 6.33 Å². The van der Waals surface area contributed by atoms with Gasteiger partial charge in [-0.2, -0.15) is 0 Å². The fraction of sp³-hybridized carbons (Fsp3) is 0.611. The number of carbonyl (C=O) groups is 1. The Labute approximate surface area is 153 Å². The van der Waals surface area contributed by atoms with Gasteiger partial charge in [0, 0.05) is 13.2 Å². The lowest BCUT2D eigenvalue weighted by Crippen LogP contribution is -2.11. The van der Waals surface area contributed by atoms with Crippen LogP contribution in [-0.4, -0.2) is 41.8 Å². The molecule has 0 atom stereocenters. The summed E-state index contributed by atoms with van der Waals surface area (Å²) in [6.45, 7) is 11.9. The van der Waals surface area contributed by atoms with Crippen LogP contribution >= 0.6 is 11.3 Å². The Morgan fingerprint density at radius 2 is 2.04 bits per heavy atom. The number of thiophene rings is 1. The number of anilines is 1. The van der Waals surface area contributed by atoms with Gasteiger partial charge in [0.2, 0.25) is 0 Å². The van der Waals surface area contributed by atoms with Crippen LogP contribution in [0.2, 0.25) is 0 Å². The second kappa shape index (κ2) is 9.10. The predicted octanol–water partition coefficient (Wildman–Crippen LogP) is 4.04. The molecule has 0 radical (unpaired) electrons. The van der Waals surface area contributed by atoms with E-state index in [2.05, 4.69) is 15.3 Å².